The predicted octanol–water partition coefficient (Wildman–Crippen LogP) is 1.65. The number of likely N-dealkylation sites (N-methyl/N-ethyl adjacent to an activating group) is 1. The van der Waals surface area contributed by atoms with E-state index in [1.165, 1.54) is 5.69 Å². The Morgan fingerprint density at radius 1 is 1.19 bits per heavy atom. The highest BCUT2D eigenvalue weighted by molar-refractivity contribution is 5.58. The molecule has 1 heterocycles. The van der Waals surface area contributed by atoms with Crippen LogP contribution in [0.3, 0.4) is 0 Å². The van der Waals surface area contributed by atoms with Crippen LogP contribution in [0.4, 0.5) is 5.69 Å². The normalized spacial score (nSPS) is 17.5. The maximum atomic E-state index is 5.55. The molecule has 3 nitrogen and oxygen atoms in total. The SMILES string of the molecule is [CH2]COc1ccccc1N1CCN(C)CC1. The van der Waals surface area contributed by atoms with Crippen LogP contribution in [0.5, 0.6) is 5.75 Å². The topological polar surface area (TPSA) is 15.7 Å². The maximum Gasteiger partial charge on any atom is 0.142 e. The molecule has 0 amide bonds. The van der Waals surface area contributed by atoms with Crippen molar-refractivity contribution < 1.29 is 4.74 Å². The van der Waals surface area contributed by atoms with Crippen LogP contribution in [0.25, 0.3) is 0 Å². The summed E-state index contributed by atoms with van der Waals surface area (Å²) in [5, 5.41) is 0. The Balaban J connectivity index is 2.13. The molecule has 1 aliphatic rings. The number of nitrogens with zero attached hydrogens (tertiary/aromatic N) is 2. The van der Waals surface area contributed by atoms with Crippen molar-refractivity contribution in [3.05, 3.63) is 31.2 Å². The van der Waals surface area contributed by atoms with E-state index in [0.717, 1.165) is 31.9 Å². The Morgan fingerprint density at radius 2 is 1.88 bits per heavy atom. The molecule has 1 radical (unpaired) electrons. The minimum absolute atomic E-state index is 0.477. The standard InChI is InChI=1S/C13H19N2O/c1-3-16-13-7-5-4-6-12(13)15-10-8-14(2)9-11-15/h4-7H,1,3,8-11H2,2H3. The monoisotopic (exact) mass is 219 g/mol. The van der Waals surface area contributed by atoms with Crippen molar-refractivity contribution in [3.63, 3.8) is 0 Å². The van der Waals surface area contributed by atoms with Gasteiger partial charge in [-0.3, -0.25) is 0 Å². The summed E-state index contributed by atoms with van der Waals surface area (Å²) in [7, 11) is 2.16. The average Bonchev–Trinajstić information content (AvgIpc) is 2.32. The van der Waals surface area contributed by atoms with E-state index in [2.05, 4.69) is 35.9 Å². The van der Waals surface area contributed by atoms with E-state index in [4.69, 9.17) is 4.74 Å². The summed E-state index contributed by atoms with van der Waals surface area (Å²) in [4.78, 5) is 4.73. The fourth-order valence-corrected chi connectivity index (χ4v) is 2.00. The third-order valence-corrected chi connectivity index (χ3v) is 2.97. The molecule has 0 aliphatic carbocycles. The molecule has 1 saturated heterocycles. The van der Waals surface area contributed by atoms with Gasteiger partial charge in [0.2, 0.25) is 0 Å². The number of hydrogen-bond acceptors (Lipinski definition) is 3. The Labute approximate surface area is 97.6 Å². The lowest BCUT2D eigenvalue weighted by Crippen LogP contribution is -2.44. The molecule has 0 N–H and O–H groups in total. The number of para-hydroxylation sites is 2. The highest BCUT2D eigenvalue weighted by Gasteiger charge is 2.16. The fraction of sp³-hybridized carbons (Fsp3) is 0.462. The van der Waals surface area contributed by atoms with Gasteiger partial charge in [0.05, 0.1) is 12.3 Å². The first-order valence-electron chi connectivity index (χ1n) is 5.76. The highest BCUT2D eigenvalue weighted by atomic mass is 16.5. The number of hydrogen-bond donors (Lipinski definition) is 0. The van der Waals surface area contributed by atoms with Crippen LogP contribution in [0, 0.1) is 6.92 Å². The molecular weight excluding hydrogens is 200 g/mol. The molecule has 0 atom stereocenters. The summed E-state index contributed by atoms with van der Waals surface area (Å²) in [6.45, 7) is 8.55. The van der Waals surface area contributed by atoms with Crippen LogP contribution < -0.4 is 9.64 Å². The van der Waals surface area contributed by atoms with E-state index in [1.807, 2.05) is 12.1 Å². The van der Waals surface area contributed by atoms with Crippen LogP contribution in [-0.4, -0.2) is 44.7 Å². The molecule has 0 bridgehead atoms. The molecule has 16 heavy (non-hydrogen) atoms. The Morgan fingerprint density at radius 3 is 2.56 bits per heavy atom. The zero-order valence-corrected chi connectivity index (χ0v) is 9.85. The summed E-state index contributed by atoms with van der Waals surface area (Å²) in [6, 6.07) is 8.20. The van der Waals surface area contributed by atoms with Crippen molar-refractivity contribution in [1.82, 2.24) is 4.90 Å². The molecular formula is C13H19N2O. The Bertz CT molecular complexity index is 332. The summed E-state index contributed by atoms with van der Waals surface area (Å²) in [6.07, 6.45) is 0. The number of anilines is 1. The number of rotatable bonds is 3. The second-order valence-electron chi connectivity index (χ2n) is 4.11. The van der Waals surface area contributed by atoms with Crippen molar-refractivity contribution in [3.8, 4) is 5.75 Å². The lowest BCUT2D eigenvalue weighted by atomic mass is 10.2. The molecule has 1 aliphatic heterocycles. The van der Waals surface area contributed by atoms with E-state index in [1.54, 1.807) is 0 Å². The van der Waals surface area contributed by atoms with Crippen molar-refractivity contribution in [2.24, 2.45) is 0 Å². The third kappa shape index (κ3) is 2.47. The Hall–Kier alpha value is -1.22. The van der Waals surface area contributed by atoms with Crippen LogP contribution >= 0.6 is 0 Å². The lowest BCUT2D eigenvalue weighted by Gasteiger charge is -2.34. The van der Waals surface area contributed by atoms with Crippen molar-refractivity contribution in [2.45, 2.75) is 0 Å². The van der Waals surface area contributed by atoms with Gasteiger partial charge in [0.1, 0.15) is 5.75 Å². The minimum atomic E-state index is 0.477. The number of benzene rings is 1. The van der Waals surface area contributed by atoms with Crippen LogP contribution in [0.15, 0.2) is 24.3 Å². The molecule has 0 unspecified atom stereocenters. The molecule has 0 saturated carbocycles. The molecule has 2 rings (SSSR count). The first-order chi connectivity index (χ1) is 7.81. The van der Waals surface area contributed by atoms with Gasteiger partial charge in [-0.15, -0.1) is 0 Å². The van der Waals surface area contributed by atoms with E-state index in [9.17, 15) is 0 Å². The highest BCUT2D eigenvalue weighted by Crippen LogP contribution is 2.28. The van der Waals surface area contributed by atoms with Crippen molar-refractivity contribution in [1.29, 1.82) is 0 Å². The second-order valence-corrected chi connectivity index (χ2v) is 4.11. The van der Waals surface area contributed by atoms with Gasteiger partial charge < -0.3 is 14.5 Å². The molecule has 0 aromatic heterocycles. The van der Waals surface area contributed by atoms with E-state index >= 15 is 0 Å². The van der Waals surface area contributed by atoms with E-state index in [0.29, 0.717) is 6.61 Å². The predicted molar refractivity (Wildman–Crippen MR) is 67.0 cm³/mol. The molecule has 87 valence electrons. The summed E-state index contributed by atoms with van der Waals surface area (Å²) < 4.78 is 5.55. The van der Waals surface area contributed by atoms with Gasteiger partial charge in [0, 0.05) is 26.2 Å². The van der Waals surface area contributed by atoms with Crippen LogP contribution in [-0.2, 0) is 0 Å². The quantitative estimate of drug-likeness (QED) is 0.769. The van der Waals surface area contributed by atoms with Gasteiger partial charge in [0.25, 0.3) is 0 Å². The smallest absolute Gasteiger partial charge is 0.142 e. The van der Waals surface area contributed by atoms with Crippen LogP contribution in [0.1, 0.15) is 0 Å². The molecule has 1 aromatic rings. The van der Waals surface area contributed by atoms with Gasteiger partial charge in [-0.25, -0.2) is 0 Å². The van der Waals surface area contributed by atoms with E-state index < -0.39 is 0 Å². The van der Waals surface area contributed by atoms with Crippen molar-refractivity contribution in [2.75, 3.05) is 44.7 Å². The number of ether oxygens (including phenoxy) is 1. The largest absolute Gasteiger partial charge is 0.491 e. The summed E-state index contributed by atoms with van der Waals surface area (Å²) >= 11 is 0. The van der Waals surface area contributed by atoms with Gasteiger partial charge >= 0.3 is 0 Å². The van der Waals surface area contributed by atoms with Gasteiger partial charge in [-0.05, 0) is 26.1 Å². The fourth-order valence-electron chi connectivity index (χ4n) is 2.00. The average molecular weight is 219 g/mol. The lowest BCUT2D eigenvalue weighted by molar-refractivity contribution is 0.309. The van der Waals surface area contributed by atoms with Gasteiger partial charge in [-0.1, -0.05) is 12.1 Å². The van der Waals surface area contributed by atoms with Crippen molar-refractivity contribution >= 4 is 5.69 Å². The first-order valence-corrected chi connectivity index (χ1v) is 5.76. The maximum absolute atomic E-state index is 5.55. The summed E-state index contributed by atoms with van der Waals surface area (Å²) in [5.74, 6) is 0.946. The third-order valence-electron chi connectivity index (χ3n) is 2.97. The van der Waals surface area contributed by atoms with Gasteiger partial charge in [0.15, 0.2) is 0 Å². The van der Waals surface area contributed by atoms with Crippen LogP contribution in [0.2, 0.25) is 0 Å². The molecule has 0 spiro atoms. The molecule has 1 fully saturated rings. The number of piperazine rings is 1. The Kier molecular flexibility index (Phi) is 3.67. The second kappa shape index (κ2) is 5.21. The molecule has 1 aromatic carbocycles. The zero-order valence-electron chi connectivity index (χ0n) is 9.85. The molecule has 3 heteroatoms. The summed E-state index contributed by atoms with van der Waals surface area (Å²) in [5.41, 5.74) is 1.19. The minimum Gasteiger partial charge on any atom is -0.491 e. The first kappa shape index (κ1) is 11.3. The van der Waals surface area contributed by atoms with E-state index in [-0.39, 0.29) is 0 Å². The van der Waals surface area contributed by atoms with Gasteiger partial charge in [-0.2, -0.15) is 0 Å². The zero-order chi connectivity index (χ0) is 11.4.